The molecule has 1 atom stereocenters. The summed E-state index contributed by atoms with van der Waals surface area (Å²) in [6.45, 7) is 3.87. The van der Waals surface area contributed by atoms with Crippen LogP contribution in [0.2, 0.25) is 0 Å². The second-order valence-electron chi connectivity index (χ2n) is 4.97. The van der Waals surface area contributed by atoms with E-state index < -0.39 is 5.97 Å². The van der Waals surface area contributed by atoms with E-state index in [1.54, 1.807) is 0 Å². The molecule has 4 heteroatoms. The van der Waals surface area contributed by atoms with Gasteiger partial charge in [0, 0.05) is 6.04 Å². The van der Waals surface area contributed by atoms with Crippen molar-refractivity contribution in [2.75, 3.05) is 6.54 Å². The number of piperidine rings is 1. The molecule has 1 unspecified atom stereocenters. The Kier molecular flexibility index (Phi) is 4.42. The minimum absolute atomic E-state index is 0.302. The van der Waals surface area contributed by atoms with Crippen molar-refractivity contribution in [2.24, 2.45) is 0 Å². The van der Waals surface area contributed by atoms with Gasteiger partial charge in [-0.3, -0.25) is 4.90 Å². The molecule has 2 rings (SSSR count). The predicted molar refractivity (Wildman–Crippen MR) is 68.6 cm³/mol. The molecule has 18 heavy (non-hydrogen) atoms. The smallest absolute Gasteiger partial charge is 0.339 e. The molecule has 1 N–H and O–H groups in total. The first-order valence-electron chi connectivity index (χ1n) is 6.76. The SMILES string of the molecule is CCCC1CCCCN1Cc1occc1C(=O)O. The van der Waals surface area contributed by atoms with E-state index in [2.05, 4.69) is 11.8 Å². The van der Waals surface area contributed by atoms with Gasteiger partial charge in [0.2, 0.25) is 0 Å². The maximum atomic E-state index is 11.1. The second kappa shape index (κ2) is 6.05. The molecule has 0 spiro atoms. The Morgan fingerprint density at radius 1 is 1.56 bits per heavy atom. The zero-order valence-corrected chi connectivity index (χ0v) is 10.9. The third-order valence-electron chi connectivity index (χ3n) is 3.69. The first kappa shape index (κ1) is 13.1. The summed E-state index contributed by atoms with van der Waals surface area (Å²) in [6, 6.07) is 2.12. The summed E-state index contributed by atoms with van der Waals surface area (Å²) in [6.07, 6.45) is 7.52. The Balaban J connectivity index is 2.06. The zero-order valence-electron chi connectivity index (χ0n) is 10.9. The Morgan fingerprint density at radius 3 is 3.11 bits per heavy atom. The van der Waals surface area contributed by atoms with Crippen molar-refractivity contribution in [3.05, 3.63) is 23.7 Å². The van der Waals surface area contributed by atoms with Gasteiger partial charge in [0.15, 0.2) is 0 Å². The van der Waals surface area contributed by atoms with Crippen LogP contribution in [0.25, 0.3) is 0 Å². The molecule has 0 aromatic carbocycles. The Hall–Kier alpha value is -1.29. The van der Waals surface area contributed by atoms with Crippen LogP contribution in [0.5, 0.6) is 0 Å². The number of rotatable bonds is 5. The maximum Gasteiger partial charge on any atom is 0.339 e. The normalized spacial score (nSPS) is 21.1. The molecular formula is C14H21NO3. The molecule has 0 aliphatic carbocycles. The van der Waals surface area contributed by atoms with Gasteiger partial charge >= 0.3 is 5.97 Å². The summed E-state index contributed by atoms with van der Waals surface area (Å²) in [5.74, 6) is -0.312. The summed E-state index contributed by atoms with van der Waals surface area (Å²) in [7, 11) is 0. The van der Waals surface area contributed by atoms with Crippen LogP contribution in [0.3, 0.4) is 0 Å². The summed E-state index contributed by atoms with van der Waals surface area (Å²) in [5.41, 5.74) is 0.302. The summed E-state index contributed by atoms with van der Waals surface area (Å²) < 4.78 is 5.33. The molecule has 0 radical (unpaired) electrons. The van der Waals surface area contributed by atoms with Crippen LogP contribution in [0, 0.1) is 0 Å². The lowest BCUT2D eigenvalue weighted by atomic mass is 9.98. The van der Waals surface area contributed by atoms with Crippen molar-refractivity contribution in [1.29, 1.82) is 0 Å². The number of carboxylic acid groups (broad SMARTS) is 1. The number of carboxylic acids is 1. The van der Waals surface area contributed by atoms with Crippen molar-refractivity contribution >= 4 is 5.97 Å². The molecule has 4 nitrogen and oxygen atoms in total. The van der Waals surface area contributed by atoms with Crippen LogP contribution in [-0.4, -0.2) is 28.6 Å². The van der Waals surface area contributed by atoms with Crippen molar-refractivity contribution in [1.82, 2.24) is 4.90 Å². The van der Waals surface area contributed by atoms with Crippen LogP contribution in [-0.2, 0) is 6.54 Å². The lowest BCUT2D eigenvalue weighted by Crippen LogP contribution is -2.38. The number of aromatic carboxylic acids is 1. The molecule has 1 saturated heterocycles. The molecule has 0 saturated carbocycles. The van der Waals surface area contributed by atoms with Gasteiger partial charge in [-0.1, -0.05) is 19.8 Å². The molecule has 0 amide bonds. The first-order valence-corrected chi connectivity index (χ1v) is 6.76. The number of nitrogens with zero attached hydrogens (tertiary/aromatic N) is 1. The number of carbonyl (C=O) groups is 1. The summed E-state index contributed by atoms with van der Waals surface area (Å²) >= 11 is 0. The van der Waals surface area contributed by atoms with Crippen LogP contribution in [0.4, 0.5) is 0 Å². The van der Waals surface area contributed by atoms with Crippen LogP contribution < -0.4 is 0 Å². The van der Waals surface area contributed by atoms with Gasteiger partial charge in [-0.2, -0.15) is 0 Å². The molecule has 1 aromatic rings. The van der Waals surface area contributed by atoms with E-state index in [9.17, 15) is 4.79 Å². The van der Waals surface area contributed by atoms with Gasteiger partial charge in [0.1, 0.15) is 11.3 Å². The fourth-order valence-corrected chi connectivity index (χ4v) is 2.77. The third kappa shape index (κ3) is 2.93. The molecule has 0 bridgehead atoms. The largest absolute Gasteiger partial charge is 0.478 e. The first-order chi connectivity index (χ1) is 8.72. The second-order valence-corrected chi connectivity index (χ2v) is 4.97. The topological polar surface area (TPSA) is 53.7 Å². The fourth-order valence-electron chi connectivity index (χ4n) is 2.77. The average molecular weight is 251 g/mol. The third-order valence-corrected chi connectivity index (χ3v) is 3.69. The van der Waals surface area contributed by atoms with Gasteiger partial charge in [-0.05, 0) is 31.9 Å². The number of likely N-dealkylation sites (tertiary alicyclic amines) is 1. The van der Waals surface area contributed by atoms with E-state index >= 15 is 0 Å². The van der Waals surface area contributed by atoms with Crippen molar-refractivity contribution < 1.29 is 14.3 Å². The Morgan fingerprint density at radius 2 is 2.39 bits per heavy atom. The molecule has 1 aliphatic rings. The summed E-state index contributed by atoms with van der Waals surface area (Å²) in [5, 5.41) is 9.07. The number of furan rings is 1. The summed E-state index contributed by atoms with van der Waals surface area (Å²) in [4.78, 5) is 13.4. The quantitative estimate of drug-likeness (QED) is 0.873. The molecule has 1 fully saturated rings. The van der Waals surface area contributed by atoms with Crippen LogP contribution in [0.1, 0.15) is 55.1 Å². The number of hydrogen-bond acceptors (Lipinski definition) is 3. The molecular weight excluding hydrogens is 230 g/mol. The highest BCUT2D eigenvalue weighted by atomic mass is 16.4. The van der Waals surface area contributed by atoms with E-state index in [1.807, 2.05) is 0 Å². The van der Waals surface area contributed by atoms with Crippen molar-refractivity contribution in [3.63, 3.8) is 0 Å². The maximum absolute atomic E-state index is 11.1. The van der Waals surface area contributed by atoms with Gasteiger partial charge < -0.3 is 9.52 Å². The van der Waals surface area contributed by atoms with E-state index in [0.29, 0.717) is 23.9 Å². The minimum atomic E-state index is -0.900. The highest BCUT2D eigenvalue weighted by molar-refractivity contribution is 5.88. The number of hydrogen-bond donors (Lipinski definition) is 1. The van der Waals surface area contributed by atoms with E-state index in [4.69, 9.17) is 9.52 Å². The average Bonchev–Trinajstić information content (AvgIpc) is 2.80. The lowest BCUT2D eigenvalue weighted by Gasteiger charge is -2.35. The van der Waals surface area contributed by atoms with Gasteiger partial charge in [0.25, 0.3) is 0 Å². The van der Waals surface area contributed by atoms with Crippen LogP contribution in [0.15, 0.2) is 16.7 Å². The van der Waals surface area contributed by atoms with Gasteiger partial charge in [-0.15, -0.1) is 0 Å². The van der Waals surface area contributed by atoms with Gasteiger partial charge in [0.05, 0.1) is 12.8 Å². The van der Waals surface area contributed by atoms with E-state index in [-0.39, 0.29) is 0 Å². The highest BCUT2D eigenvalue weighted by Gasteiger charge is 2.24. The van der Waals surface area contributed by atoms with E-state index in [0.717, 1.165) is 6.54 Å². The Labute approximate surface area is 108 Å². The molecule has 1 aromatic heterocycles. The monoisotopic (exact) mass is 251 g/mol. The van der Waals surface area contributed by atoms with Crippen molar-refractivity contribution in [3.8, 4) is 0 Å². The minimum Gasteiger partial charge on any atom is -0.478 e. The molecule has 1 aliphatic heterocycles. The predicted octanol–water partition coefficient (Wildman–Crippen LogP) is 3.13. The zero-order chi connectivity index (χ0) is 13.0. The van der Waals surface area contributed by atoms with Crippen LogP contribution >= 0.6 is 0 Å². The standard InChI is InChI=1S/C14H21NO3/c1-2-5-11-6-3-4-8-15(11)10-13-12(14(16)17)7-9-18-13/h7,9,11H,2-6,8,10H2,1H3,(H,16,17). The van der Waals surface area contributed by atoms with E-state index in [1.165, 1.54) is 44.4 Å². The fraction of sp³-hybridized carbons (Fsp3) is 0.643. The van der Waals surface area contributed by atoms with Gasteiger partial charge in [-0.25, -0.2) is 4.79 Å². The lowest BCUT2D eigenvalue weighted by molar-refractivity contribution is 0.0688. The highest BCUT2D eigenvalue weighted by Crippen LogP contribution is 2.24. The Bertz CT molecular complexity index is 397. The van der Waals surface area contributed by atoms with Crippen molar-refractivity contribution in [2.45, 2.75) is 51.6 Å². The molecule has 2 heterocycles. The molecule has 100 valence electrons.